The molecule has 1 aliphatic rings. The first-order chi connectivity index (χ1) is 11.8. The molecule has 0 bridgehead atoms. The zero-order valence-electron chi connectivity index (χ0n) is 13.3. The first-order valence-corrected chi connectivity index (χ1v) is 8.07. The van der Waals surface area contributed by atoms with E-state index in [0.717, 1.165) is 47.6 Å². The minimum Gasteiger partial charge on any atom is -0.370 e. The van der Waals surface area contributed by atoms with Crippen LogP contribution in [0.3, 0.4) is 0 Å². The van der Waals surface area contributed by atoms with Gasteiger partial charge in [0.05, 0.1) is 17.3 Å². The van der Waals surface area contributed by atoms with Crippen molar-refractivity contribution in [1.82, 2.24) is 29.4 Å². The largest absolute Gasteiger partial charge is 0.370 e. The Labute approximate surface area is 137 Å². The third kappa shape index (κ3) is 1.94. The molecule has 0 spiro atoms. The van der Waals surface area contributed by atoms with Crippen LogP contribution in [0.4, 0.5) is 0 Å². The predicted molar refractivity (Wildman–Crippen MR) is 88.1 cm³/mol. The summed E-state index contributed by atoms with van der Waals surface area (Å²) >= 11 is 0. The van der Waals surface area contributed by atoms with Gasteiger partial charge in [0.1, 0.15) is 12.4 Å². The third-order valence-electron chi connectivity index (χ3n) is 4.50. The number of ether oxygens (including phenoxy) is 1. The molecule has 120 valence electrons. The van der Waals surface area contributed by atoms with Crippen LogP contribution in [0, 0.1) is 6.92 Å². The van der Waals surface area contributed by atoms with Gasteiger partial charge in [-0.3, -0.25) is 4.40 Å². The molecule has 5 rings (SSSR count). The van der Waals surface area contributed by atoms with E-state index in [9.17, 15) is 0 Å². The van der Waals surface area contributed by atoms with E-state index >= 15 is 0 Å². The Morgan fingerprint density at radius 3 is 2.79 bits per heavy atom. The first-order valence-electron chi connectivity index (χ1n) is 8.07. The minimum absolute atomic E-state index is 0.00592. The number of nitrogens with zero attached hydrogens (tertiary/aromatic N) is 6. The van der Waals surface area contributed by atoms with Gasteiger partial charge in [-0.05, 0) is 31.9 Å². The van der Waals surface area contributed by atoms with Gasteiger partial charge in [0.2, 0.25) is 0 Å². The normalized spacial score (nSPS) is 18.0. The Hall–Kier alpha value is -2.80. The Bertz CT molecular complexity index is 1030. The maximum absolute atomic E-state index is 5.73. The molecule has 1 unspecified atom stereocenters. The summed E-state index contributed by atoms with van der Waals surface area (Å²) in [6.07, 6.45) is 5.60. The zero-order valence-corrected chi connectivity index (χ0v) is 13.3. The molecule has 0 radical (unpaired) electrons. The summed E-state index contributed by atoms with van der Waals surface area (Å²) in [6, 6.07) is 8.20. The van der Waals surface area contributed by atoms with E-state index in [1.807, 2.05) is 21.2 Å². The first kappa shape index (κ1) is 13.6. The molecule has 1 atom stereocenters. The molecular formula is C17H16N6O. The second-order valence-electron chi connectivity index (χ2n) is 6.13. The Kier molecular flexibility index (Phi) is 2.90. The Balaban J connectivity index is 1.68. The van der Waals surface area contributed by atoms with E-state index < -0.39 is 0 Å². The van der Waals surface area contributed by atoms with Crippen molar-refractivity contribution in [2.75, 3.05) is 6.61 Å². The van der Waals surface area contributed by atoms with E-state index in [-0.39, 0.29) is 6.10 Å². The van der Waals surface area contributed by atoms with Gasteiger partial charge < -0.3 is 4.74 Å². The predicted octanol–water partition coefficient (Wildman–Crippen LogP) is 2.62. The van der Waals surface area contributed by atoms with Crippen LogP contribution >= 0.6 is 0 Å². The molecule has 1 aliphatic heterocycles. The van der Waals surface area contributed by atoms with E-state index in [2.05, 4.69) is 39.3 Å². The van der Waals surface area contributed by atoms with E-state index in [0.29, 0.717) is 0 Å². The molecule has 0 amide bonds. The van der Waals surface area contributed by atoms with Crippen LogP contribution in [0.15, 0.2) is 36.8 Å². The SMILES string of the molecule is Cc1ccc(-n2ncc3c2ncn2c(C4CCCO4)nnc32)cc1. The van der Waals surface area contributed by atoms with Gasteiger partial charge >= 0.3 is 0 Å². The molecule has 0 saturated carbocycles. The summed E-state index contributed by atoms with van der Waals surface area (Å²) in [7, 11) is 0. The van der Waals surface area contributed by atoms with Crippen molar-refractivity contribution in [3.8, 4) is 5.69 Å². The summed E-state index contributed by atoms with van der Waals surface area (Å²) in [4.78, 5) is 4.60. The van der Waals surface area contributed by atoms with Crippen molar-refractivity contribution in [1.29, 1.82) is 0 Å². The van der Waals surface area contributed by atoms with Crippen LogP contribution in [0.2, 0.25) is 0 Å². The number of aromatic nitrogens is 6. The Morgan fingerprint density at radius 1 is 1.12 bits per heavy atom. The van der Waals surface area contributed by atoms with Crippen molar-refractivity contribution in [3.63, 3.8) is 0 Å². The number of hydrogen-bond donors (Lipinski definition) is 0. The molecule has 24 heavy (non-hydrogen) atoms. The molecule has 0 N–H and O–H groups in total. The van der Waals surface area contributed by atoms with Crippen molar-refractivity contribution in [2.24, 2.45) is 0 Å². The quantitative estimate of drug-likeness (QED) is 0.568. The van der Waals surface area contributed by atoms with Crippen LogP contribution < -0.4 is 0 Å². The lowest BCUT2D eigenvalue weighted by molar-refractivity contribution is 0.104. The standard InChI is InChI=1S/C17H16N6O/c1-11-4-6-12(7-5-11)23-15-13(9-19-23)16-20-21-17(22(16)10-18-15)14-3-2-8-24-14/h4-7,9-10,14H,2-3,8H2,1H3. The van der Waals surface area contributed by atoms with Gasteiger partial charge in [0.15, 0.2) is 17.1 Å². The van der Waals surface area contributed by atoms with Crippen LogP contribution in [0.1, 0.15) is 30.3 Å². The summed E-state index contributed by atoms with van der Waals surface area (Å²) in [5.41, 5.74) is 3.73. The highest BCUT2D eigenvalue weighted by Crippen LogP contribution is 2.29. The summed E-state index contributed by atoms with van der Waals surface area (Å²) in [5.74, 6) is 0.819. The van der Waals surface area contributed by atoms with Crippen molar-refractivity contribution in [3.05, 3.63) is 48.2 Å². The third-order valence-corrected chi connectivity index (χ3v) is 4.50. The summed E-state index contributed by atoms with van der Waals surface area (Å²) in [5, 5.41) is 14.1. The molecule has 3 aromatic heterocycles. The molecule has 1 fully saturated rings. The van der Waals surface area contributed by atoms with Crippen molar-refractivity contribution >= 4 is 16.7 Å². The van der Waals surface area contributed by atoms with E-state index in [1.165, 1.54) is 5.56 Å². The average molecular weight is 320 g/mol. The second-order valence-corrected chi connectivity index (χ2v) is 6.13. The van der Waals surface area contributed by atoms with Crippen LogP contribution in [-0.4, -0.2) is 36.0 Å². The lowest BCUT2D eigenvalue weighted by Gasteiger charge is -2.07. The number of benzene rings is 1. The molecule has 4 heterocycles. The van der Waals surface area contributed by atoms with Crippen LogP contribution in [-0.2, 0) is 4.74 Å². The summed E-state index contributed by atoms with van der Waals surface area (Å²) < 4.78 is 9.48. The molecule has 7 heteroatoms. The second kappa shape index (κ2) is 5.10. The fraction of sp³-hybridized carbons (Fsp3) is 0.294. The van der Waals surface area contributed by atoms with Gasteiger partial charge in [0, 0.05) is 6.61 Å². The van der Waals surface area contributed by atoms with Crippen molar-refractivity contribution in [2.45, 2.75) is 25.9 Å². The molecule has 0 aliphatic carbocycles. The lowest BCUT2D eigenvalue weighted by atomic mass is 10.2. The fourth-order valence-electron chi connectivity index (χ4n) is 3.21. The topological polar surface area (TPSA) is 70.1 Å². The van der Waals surface area contributed by atoms with E-state index in [1.54, 1.807) is 12.5 Å². The fourth-order valence-corrected chi connectivity index (χ4v) is 3.21. The number of aryl methyl sites for hydroxylation is 1. The maximum Gasteiger partial charge on any atom is 0.174 e. The average Bonchev–Trinajstić information content (AvgIpc) is 3.33. The Morgan fingerprint density at radius 2 is 2.00 bits per heavy atom. The molecular weight excluding hydrogens is 304 g/mol. The van der Waals surface area contributed by atoms with Crippen LogP contribution in [0.5, 0.6) is 0 Å². The lowest BCUT2D eigenvalue weighted by Crippen LogP contribution is -2.04. The highest BCUT2D eigenvalue weighted by Gasteiger charge is 2.24. The monoisotopic (exact) mass is 320 g/mol. The highest BCUT2D eigenvalue weighted by molar-refractivity contribution is 5.89. The van der Waals surface area contributed by atoms with Crippen LogP contribution in [0.25, 0.3) is 22.4 Å². The van der Waals surface area contributed by atoms with Gasteiger partial charge in [-0.2, -0.15) is 5.10 Å². The number of hydrogen-bond acceptors (Lipinski definition) is 5. The summed E-state index contributed by atoms with van der Waals surface area (Å²) in [6.45, 7) is 2.84. The molecule has 4 aromatic rings. The number of fused-ring (bicyclic) bond motifs is 3. The van der Waals surface area contributed by atoms with Gasteiger partial charge in [0.25, 0.3) is 0 Å². The zero-order chi connectivity index (χ0) is 16.1. The van der Waals surface area contributed by atoms with E-state index in [4.69, 9.17) is 4.74 Å². The molecule has 1 saturated heterocycles. The molecule has 1 aromatic carbocycles. The highest BCUT2D eigenvalue weighted by atomic mass is 16.5. The van der Waals surface area contributed by atoms with Gasteiger partial charge in [-0.1, -0.05) is 17.7 Å². The van der Waals surface area contributed by atoms with Gasteiger partial charge in [-0.25, -0.2) is 9.67 Å². The van der Waals surface area contributed by atoms with Gasteiger partial charge in [-0.15, -0.1) is 10.2 Å². The molecule has 7 nitrogen and oxygen atoms in total. The number of rotatable bonds is 2. The van der Waals surface area contributed by atoms with Crippen molar-refractivity contribution < 1.29 is 4.74 Å². The maximum atomic E-state index is 5.73. The smallest absolute Gasteiger partial charge is 0.174 e. The minimum atomic E-state index is 0.00592.